The molecule has 2 N–H and O–H groups in total. The van der Waals surface area contributed by atoms with Crippen LogP contribution < -0.4 is 20.2 Å². The van der Waals surface area contributed by atoms with Crippen molar-refractivity contribution in [2.45, 2.75) is 33.2 Å². The molecule has 0 radical (unpaired) electrons. The van der Waals surface area contributed by atoms with Crippen LogP contribution in [0.1, 0.15) is 37.6 Å². The van der Waals surface area contributed by atoms with E-state index in [9.17, 15) is 9.59 Å². The molecule has 1 rings (SSSR count). The second kappa shape index (κ2) is 8.77. The summed E-state index contributed by atoms with van der Waals surface area (Å²) in [6, 6.07) is 4.92. The number of hydrogen-bond acceptors (Lipinski definition) is 5. The second-order valence-corrected chi connectivity index (χ2v) is 5.25. The van der Waals surface area contributed by atoms with E-state index in [1.54, 1.807) is 25.1 Å². The second-order valence-electron chi connectivity index (χ2n) is 5.25. The molecule has 2 amide bonds. The SMILES string of the molecule is COc1ccc(C(=O)N/N=C(\C)CC(=O)NC(C)C)c(OC)c1. The van der Waals surface area contributed by atoms with Gasteiger partial charge in [-0.25, -0.2) is 5.43 Å². The van der Waals surface area contributed by atoms with Crippen molar-refractivity contribution in [2.75, 3.05) is 14.2 Å². The molecule has 0 saturated carbocycles. The van der Waals surface area contributed by atoms with Crippen LogP contribution in [-0.4, -0.2) is 37.8 Å². The van der Waals surface area contributed by atoms with Gasteiger partial charge >= 0.3 is 0 Å². The van der Waals surface area contributed by atoms with E-state index in [-0.39, 0.29) is 18.4 Å². The molecular weight excluding hydrogens is 298 g/mol. The van der Waals surface area contributed by atoms with Crippen molar-refractivity contribution in [3.05, 3.63) is 23.8 Å². The van der Waals surface area contributed by atoms with Gasteiger partial charge in [-0.3, -0.25) is 9.59 Å². The predicted octanol–water partition coefficient (Wildman–Crippen LogP) is 1.72. The van der Waals surface area contributed by atoms with Crippen molar-refractivity contribution in [1.29, 1.82) is 0 Å². The van der Waals surface area contributed by atoms with Gasteiger partial charge in [0.25, 0.3) is 5.91 Å². The van der Waals surface area contributed by atoms with Crippen LogP contribution in [0.5, 0.6) is 11.5 Å². The Morgan fingerprint density at radius 2 is 1.91 bits per heavy atom. The average Bonchev–Trinajstić information content (AvgIpc) is 2.50. The zero-order valence-electron chi connectivity index (χ0n) is 14.1. The van der Waals surface area contributed by atoms with Gasteiger partial charge < -0.3 is 14.8 Å². The average molecular weight is 321 g/mol. The number of hydrazone groups is 1. The van der Waals surface area contributed by atoms with Crippen LogP contribution in [0.15, 0.2) is 23.3 Å². The molecule has 7 heteroatoms. The molecule has 0 aliphatic carbocycles. The maximum atomic E-state index is 12.2. The number of carbonyl (C=O) groups is 2. The number of benzene rings is 1. The highest BCUT2D eigenvalue weighted by molar-refractivity contribution is 6.01. The van der Waals surface area contributed by atoms with Crippen LogP contribution in [0.3, 0.4) is 0 Å². The van der Waals surface area contributed by atoms with Crippen molar-refractivity contribution < 1.29 is 19.1 Å². The fraction of sp³-hybridized carbons (Fsp3) is 0.438. The topological polar surface area (TPSA) is 89.0 Å². The highest BCUT2D eigenvalue weighted by Crippen LogP contribution is 2.24. The van der Waals surface area contributed by atoms with Crippen molar-refractivity contribution in [1.82, 2.24) is 10.7 Å². The molecular formula is C16H23N3O4. The summed E-state index contributed by atoms with van der Waals surface area (Å²) in [6.45, 7) is 5.43. The molecule has 0 bridgehead atoms. The first-order valence-corrected chi connectivity index (χ1v) is 7.22. The first-order valence-electron chi connectivity index (χ1n) is 7.22. The number of carbonyl (C=O) groups excluding carboxylic acids is 2. The van der Waals surface area contributed by atoms with Crippen molar-refractivity contribution in [3.8, 4) is 11.5 Å². The zero-order valence-corrected chi connectivity index (χ0v) is 14.1. The summed E-state index contributed by atoms with van der Waals surface area (Å²) in [4.78, 5) is 23.8. The van der Waals surface area contributed by atoms with E-state index >= 15 is 0 Å². The summed E-state index contributed by atoms with van der Waals surface area (Å²) >= 11 is 0. The normalized spacial score (nSPS) is 11.1. The molecule has 0 aromatic heterocycles. The molecule has 0 saturated heterocycles. The predicted molar refractivity (Wildman–Crippen MR) is 88.0 cm³/mol. The fourth-order valence-electron chi connectivity index (χ4n) is 1.84. The third-order valence-corrected chi connectivity index (χ3v) is 2.87. The van der Waals surface area contributed by atoms with E-state index in [0.717, 1.165) is 0 Å². The number of methoxy groups -OCH3 is 2. The number of hydrogen-bond donors (Lipinski definition) is 2. The van der Waals surface area contributed by atoms with E-state index in [2.05, 4.69) is 15.8 Å². The van der Waals surface area contributed by atoms with Crippen molar-refractivity contribution >= 4 is 17.5 Å². The number of nitrogens with one attached hydrogen (secondary N) is 2. The van der Waals surface area contributed by atoms with Gasteiger partial charge in [0, 0.05) is 17.8 Å². The van der Waals surface area contributed by atoms with E-state index in [0.29, 0.717) is 22.8 Å². The summed E-state index contributed by atoms with van der Waals surface area (Å²) in [5.74, 6) is 0.404. The molecule has 7 nitrogen and oxygen atoms in total. The molecule has 0 spiro atoms. The Hall–Kier alpha value is -2.57. The van der Waals surface area contributed by atoms with Gasteiger partial charge in [-0.2, -0.15) is 5.10 Å². The van der Waals surface area contributed by atoms with Gasteiger partial charge in [0.2, 0.25) is 5.91 Å². The Morgan fingerprint density at radius 3 is 2.48 bits per heavy atom. The minimum absolute atomic E-state index is 0.0634. The third kappa shape index (κ3) is 5.98. The number of rotatable bonds is 7. The lowest BCUT2D eigenvalue weighted by atomic mass is 10.2. The van der Waals surface area contributed by atoms with E-state index in [1.165, 1.54) is 14.2 Å². The van der Waals surface area contributed by atoms with Gasteiger partial charge in [0.05, 0.1) is 26.2 Å². The Balaban J connectivity index is 2.72. The van der Waals surface area contributed by atoms with E-state index in [1.807, 2.05) is 13.8 Å². The highest BCUT2D eigenvalue weighted by Gasteiger charge is 2.13. The van der Waals surface area contributed by atoms with Crippen LogP contribution in [0.4, 0.5) is 0 Å². The Bertz CT molecular complexity index is 597. The Labute approximate surface area is 136 Å². The van der Waals surface area contributed by atoms with E-state index < -0.39 is 5.91 Å². The van der Waals surface area contributed by atoms with Gasteiger partial charge in [-0.15, -0.1) is 0 Å². The first-order chi connectivity index (χ1) is 10.9. The highest BCUT2D eigenvalue weighted by atomic mass is 16.5. The summed E-state index contributed by atoms with van der Waals surface area (Å²) in [7, 11) is 3.00. The Morgan fingerprint density at radius 1 is 1.22 bits per heavy atom. The summed E-state index contributed by atoms with van der Waals surface area (Å²) in [6.07, 6.45) is 0.123. The molecule has 0 heterocycles. The van der Waals surface area contributed by atoms with Gasteiger partial charge in [0.1, 0.15) is 11.5 Å². The number of nitrogens with zero attached hydrogens (tertiary/aromatic N) is 1. The lowest BCUT2D eigenvalue weighted by Crippen LogP contribution is -2.31. The van der Waals surface area contributed by atoms with Crippen molar-refractivity contribution in [3.63, 3.8) is 0 Å². The zero-order chi connectivity index (χ0) is 17.4. The molecule has 0 aliphatic heterocycles. The maximum absolute atomic E-state index is 12.2. The van der Waals surface area contributed by atoms with Gasteiger partial charge in [0.15, 0.2) is 0 Å². The monoisotopic (exact) mass is 321 g/mol. The quantitative estimate of drug-likeness (QED) is 0.591. The van der Waals surface area contributed by atoms with Gasteiger partial charge in [-0.05, 0) is 32.9 Å². The molecule has 1 aromatic rings. The molecule has 23 heavy (non-hydrogen) atoms. The first kappa shape index (κ1) is 18.5. The molecule has 126 valence electrons. The lowest BCUT2D eigenvalue weighted by Gasteiger charge is -2.10. The van der Waals surface area contributed by atoms with E-state index in [4.69, 9.17) is 9.47 Å². The molecule has 0 aliphatic rings. The number of amides is 2. The standard InChI is InChI=1S/C16H23N3O4/c1-10(2)17-15(20)8-11(3)18-19-16(21)13-7-6-12(22-4)9-14(13)23-5/h6-7,9-10H,8H2,1-5H3,(H,17,20)(H,19,21)/b18-11+. The summed E-state index contributed by atoms with van der Waals surface area (Å²) in [5, 5.41) is 6.69. The van der Waals surface area contributed by atoms with Crippen LogP contribution in [0.25, 0.3) is 0 Å². The van der Waals surface area contributed by atoms with Gasteiger partial charge in [-0.1, -0.05) is 0 Å². The largest absolute Gasteiger partial charge is 0.497 e. The molecule has 1 aromatic carbocycles. The third-order valence-electron chi connectivity index (χ3n) is 2.87. The Kier molecular flexibility index (Phi) is 7.05. The lowest BCUT2D eigenvalue weighted by molar-refractivity contribution is -0.120. The summed E-state index contributed by atoms with van der Waals surface area (Å²) < 4.78 is 10.3. The van der Waals surface area contributed by atoms with Crippen LogP contribution in [0.2, 0.25) is 0 Å². The smallest absolute Gasteiger partial charge is 0.275 e. The molecule has 0 unspecified atom stereocenters. The van der Waals surface area contributed by atoms with Crippen LogP contribution in [0, 0.1) is 0 Å². The minimum Gasteiger partial charge on any atom is -0.497 e. The molecule has 0 fully saturated rings. The number of ether oxygens (including phenoxy) is 2. The maximum Gasteiger partial charge on any atom is 0.275 e. The fourth-order valence-corrected chi connectivity index (χ4v) is 1.84. The van der Waals surface area contributed by atoms with Crippen LogP contribution >= 0.6 is 0 Å². The van der Waals surface area contributed by atoms with Crippen molar-refractivity contribution in [2.24, 2.45) is 5.10 Å². The summed E-state index contributed by atoms with van der Waals surface area (Å²) in [5.41, 5.74) is 3.25. The van der Waals surface area contributed by atoms with Crippen LogP contribution in [-0.2, 0) is 4.79 Å². The molecule has 0 atom stereocenters. The minimum atomic E-state index is -0.423.